The molecule has 102 valence electrons. The van der Waals surface area contributed by atoms with Crippen LogP contribution in [0.1, 0.15) is 36.0 Å². The molecule has 0 aliphatic carbocycles. The van der Waals surface area contributed by atoms with Gasteiger partial charge in [0.15, 0.2) is 0 Å². The zero-order valence-corrected chi connectivity index (χ0v) is 11.4. The smallest absolute Gasteiger partial charge is 0.115 e. The first-order valence-corrected chi connectivity index (χ1v) is 7.07. The lowest BCUT2D eigenvalue weighted by Gasteiger charge is -2.12. The Morgan fingerprint density at radius 3 is 2.60 bits per heavy atom. The second kappa shape index (κ2) is 5.87. The fourth-order valence-corrected chi connectivity index (χ4v) is 2.52. The second-order valence-corrected chi connectivity index (χ2v) is 5.21. The summed E-state index contributed by atoms with van der Waals surface area (Å²) in [5.41, 5.74) is 4.70. The molecule has 0 fully saturated rings. The molecular formula is C17H18N2O. The average Bonchev–Trinajstić information content (AvgIpc) is 2.51. The first-order valence-electron chi connectivity index (χ1n) is 7.07. The molecule has 3 nitrogen and oxygen atoms in total. The Hall–Kier alpha value is -2.16. The van der Waals surface area contributed by atoms with Gasteiger partial charge in [0.25, 0.3) is 0 Å². The van der Waals surface area contributed by atoms with Crippen LogP contribution in [0.4, 0.5) is 0 Å². The Labute approximate surface area is 119 Å². The number of hydrogen-bond donors (Lipinski definition) is 1. The molecule has 0 spiro atoms. The summed E-state index contributed by atoms with van der Waals surface area (Å²) in [4.78, 5) is 8.95. The van der Waals surface area contributed by atoms with Gasteiger partial charge in [-0.3, -0.25) is 9.98 Å². The van der Waals surface area contributed by atoms with Crippen LogP contribution in [-0.4, -0.2) is 22.3 Å². The van der Waals surface area contributed by atoms with E-state index in [4.69, 9.17) is 0 Å². The van der Waals surface area contributed by atoms with Crippen LogP contribution in [0, 0.1) is 0 Å². The van der Waals surface area contributed by atoms with Crippen molar-refractivity contribution in [1.82, 2.24) is 4.98 Å². The van der Waals surface area contributed by atoms with E-state index in [2.05, 4.69) is 16.0 Å². The van der Waals surface area contributed by atoms with Crippen molar-refractivity contribution in [2.24, 2.45) is 4.99 Å². The number of pyridine rings is 1. The van der Waals surface area contributed by atoms with Crippen molar-refractivity contribution < 1.29 is 5.11 Å². The monoisotopic (exact) mass is 266 g/mol. The van der Waals surface area contributed by atoms with E-state index < -0.39 is 0 Å². The number of aliphatic imine (C=N–C) groups is 1. The highest BCUT2D eigenvalue weighted by Crippen LogP contribution is 2.17. The van der Waals surface area contributed by atoms with E-state index in [9.17, 15) is 5.11 Å². The van der Waals surface area contributed by atoms with E-state index in [1.165, 1.54) is 29.7 Å². The van der Waals surface area contributed by atoms with Gasteiger partial charge < -0.3 is 5.11 Å². The van der Waals surface area contributed by atoms with Crippen molar-refractivity contribution in [3.05, 3.63) is 59.4 Å². The second-order valence-electron chi connectivity index (χ2n) is 5.21. The standard InChI is InChI=1S/C17H18N2O/c20-16-6-4-13(5-7-16)9-14-10-15(12-18-11-14)17-3-1-2-8-19-17/h4-7,10-12,20H,1-3,8-9H2. The normalized spacial score (nSPS) is 14.9. The summed E-state index contributed by atoms with van der Waals surface area (Å²) >= 11 is 0. The molecule has 1 aliphatic rings. The minimum Gasteiger partial charge on any atom is -0.508 e. The molecule has 2 heterocycles. The molecule has 0 atom stereocenters. The summed E-state index contributed by atoms with van der Waals surface area (Å²) in [5, 5.41) is 9.31. The lowest BCUT2D eigenvalue weighted by Crippen LogP contribution is -2.08. The Morgan fingerprint density at radius 2 is 1.85 bits per heavy atom. The van der Waals surface area contributed by atoms with Gasteiger partial charge in [0, 0.05) is 30.2 Å². The van der Waals surface area contributed by atoms with Gasteiger partial charge in [0.2, 0.25) is 0 Å². The number of rotatable bonds is 3. The Morgan fingerprint density at radius 1 is 1.00 bits per heavy atom. The van der Waals surface area contributed by atoms with Gasteiger partial charge in [-0.25, -0.2) is 0 Å². The Bertz CT molecular complexity index is 617. The number of phenolic OH excluding ortho intramolecular Hbond substituents is 1. The summed E-state index contributed by atoms with van der Waals surface area (Å²) in [5.74, 6) is 0.303. The largest absolute Gasteiger partial charge is 0.508 e. The molecule has 0 radical (unpaired) electrons. The molecule has 1 aliphatic heterocycles. The van der Waals surface area contributed by atoms with Crippen molar-refractivity contribution in [2.75, 3.05) is 6.54 Å². The van der Waals surface area contributed by atoms with E-state index >= 15 is 0 Å². The molecule has 3 heteroatoms. The van der Waals surface area contributed by atoms with Crippen molar-refractivity contribution in [1.29, 1.82) is 0 Å². The SMILES string of the molecule is Oc1ccc(Cc2cncc(C3=NCCCC3)c2)cc1. The van der Waals surface area contributed by atoms with Crippen LogP contribution in [0.3, 0.4) is 0 Å². The predicted molar refractivity (Wildman–Crippen MR) is 80.4 cm³/mol. The molecule has 1 N–H and O–H groups in total. The minimum absolute atomic E-state index is 0.303. The number of phenols is 1. The average molecular weight is 266 g/mol. The van der Waals surface area contributed by atoms with Crippen LogP contribution < -0.4 is 0 Å². The topological polar surface area (TPSA) is 45.5 Å². The lowest BCUT2D eigenvalue weighted by atomic mass is 10.00. The fraction of sp³-hybridized carbons (Fsp3) is 0.294. The molecule has 20 heavy (non-hydrogen) atoms. The molecule has 0 unspecified atom stereocenters. The van der Waals surface area contributed by atoms with Crippen LogP contribution >= 0.6 is 0 Å². The van der Waals surface area contributed by atoms with E-state index in [-0.39, 0.29) is 0 Å². The highest BCUT2D eigenvalue weighted by Gasteiger charge is 2.09. The van der Waals surface area contributed by atoms with Crippen molar-refractivity contribution in [3.8, 4) is 5.75 Å². The maximum atomic E-state index is 9.31. The summed E-state index contributed by atoms with van der Waals surface area (Å²) in [6, 6.07) is 9.51. The molecule has 0 saturated carbocycles. The molecular weight excluding hydrogens is 248 g/mol. The van der Waals surface area contributed by atoms with Crippen LogP contribution in [0.2, 0.25) is 0 Å². The molecule has 3 rings (SSSR count). The van der Waals surface area contributed by atoms with Crippen LogP contribution in [0.15, 0.2) is 47.7 Å². The quantitative estimate of drug-likeness (QED) is 0.926. The van der Waals surface area contributed by atoms with Crippen LogP contribution in [0.5, 0.6) is 5.75 Å². The van der Waals surface area contributed by atoms with Gasteiger partial charge in [-0.15, -0.1) is 0 Å². The molecule has 0 bridgehead atoms. The van der Waals surface area contributed by atoms with Gasteiger partial charge >= 0.3 is 0 Å². The maximum Gasteiger partial charge on any atom is 0.115 e. The summed E-state index contributed by atoms with van der Waals surface area (Å²) in [7, 11) is 0. The number of hydrogen-bond acceptors (Lipinski definition) is 3. The van der Waals surface area contributed by atoms with Gasteiger partial charge in [0.05, 0.1) is 0 Å². The van der Waals surface area contributed by atoms with Gasteiger partial charge in [-0.05, 0) is 55.0 Å². The first-order chi connectivity index (χ1) is 9.81. The molecule has 0 amide bonds. The Kier molecular flexibility index (Phi) is 3.77. The van der Waals surface area contributed by atoms with Gasteiger partial charge in [-0.2, -0.15) is 0 Å². The molecule has 1 aromatic carbocycles. The molecule has 2 aromatic rings. The number of nitrogens with zero attached hydrogens (tertiary/aromatic N) is 2. The number of aromatic hydroxyl groups is 1. The third-order valence-corrected chi connectivity index (χ3v) is 3.60. The number of benzene rings is 1. The predicted octanol–water partition coefficient (Wildman–Crippen LogP) is 3.35. The van der Waals surface area contributed by atoms with Crippen LogP contribution in [-0.2, 0) is 6.42 Å². The minimum atomic E-state index is 0.303. The maximum absolute atomic E-state index is 9.31. The van der Waals surface area contributed by atoms with E-state index in [1.807, 2.05) is 24.5 Å². The van der Waals surface area contributed by atoms with E-state index in [0.717, 1.165) is 24.9 Å². The van der Waals surface area contributed by atoms with E-state index in [1.54, 1.807) is 12.1 Å². The third kappa shape index (κ3) is 3.05. The van der Waals surface area contributed by atoms with Crippen LogP contribution in [0.25, 0.3) is 0 Å². The lowest BCUT2D eigenvalue weighted by molar-refractivity contribution is 0.475. The highest BCUT2D eigenvalue weighted by atomic mass is 16.3. The summed E-state index contributed by atoms with van der Waals surface area (Å²) in [6.07, 6.45) is 8.12. The van der Waals surface area contributed by atoms with Crippen molar-refractivity contribution in [3.63, 3.8) is 0 Å². The number of aromatic nitrogens is 1. The third-order valence-electron chi connectivity index (χ3n) is 3.60. The molecule has 1 aromatic heterocycles. The van der Waals surface area contributed by atoms with Gasteiger partial charge in [-0.1, -0.05) is 12.1 Å². The summed E-state index contributed by atoms with van der Waals surface area (Å²) in [6.45, 7) is 0.942. The molecule has 0 saturated heterocycles. The highest BCUT2D eigenvalue weighted by molar-refractivity contribution is 6.00. The Balaban J connectivity index is 1.80. The summed E-state index contributed by atoms with van der Waals surface area (Å²) < 4.78 is 0. The zero-order valence-electron chi connectivity index (χ0n) is 11.4. The first kappa shape index (κ1) is 12.9. The fourth-order valence-electron chi connectivity index (χ4n) is 2.52. The van der Waals surface area contributed by atoms with Gasteiger partial charge in [0.1, 0.15) is 5.75 Å². The zero-order chi connectivity index (χ0) is 13.8. The van der Waals surface area contributed by atoms with Crippen molar-refractivity contribution >= 4 is 5.71 Å². The van der Waals surface area contributed by atoms with E-state index in [0.29, 0.717) is 5.75 Å². The van der Waals surface area contributed by atoms with Crippen molar-refractivity contribution in [2.45, 2.75) is 25.7 Å².